The van der Waals surface area contributed by atoms with Gasteiger partial charge in [-0.2, -0.15) is 0 Å². The Balaban J connectivity index is 1.87. The zero-order valence-electron chi connectivity index (χ0n) is 19.6. The Bertz CT molecular complexity index is 741. The molecule has 0 aliphatic heterocycles. The number of nitrogens with one attached hydrogen (secondary N) is 1. The summed E-state index contributed by atoms with van der Waals surface area (Å²) in [6, 6.07) is -0.805. The lowest BCUT2D eigenvalue weighted by molar-refractivity contribution is -0.149. The Morgan fingerprint density at radius 1 is 1.27 bits per heavy atom. The maximum atomic E-state index is 13.5. The fourth-order valence-corrected chi connectivity index (χ4v) is 6.90. The zero-order chi connectivity index (χ0) is 22.3. The van der Waals surface area contributed by atoms with Crippen LogP contribution in [0.3, 0.4) is 0 Å². The van der Waals surface area contributed by atoms with E-state index in [-0.39, 0.29) is 28.6 Å². The van der Waals surface area contributed by atoms with Gasteiger partial charge in [0.1, 0.15) is 6.04 Å². The number of aliphatic carboxylic acids is 1. The Kier molecular flexibility index (Phi) is 6.28. The van der Waals surface area contributed by atoms with E-state index in [2.05, 4.69) is 44.8 Å². The summed E-state index contributed by atoms with van der Waals surface area (Å²) >= 11 is 0. The second-order valence-corrected chi connectivity index (χ2v) is 11.4. The Hall–Kier alpha value is -1.58. The Morgan fingerprint density at radius 3 is 2.57 bits per heavy atom. The minimum atomic E-state index is -0.929. The zero-order valence-corrected chi connectivity index (χ0v) is 19.6. The van der Waals surface area contributed by atoms with Gasteiger partial charge in [0.05, 0.1) is 5.41 Å². The number of amides is 1. The van der Waals surface area contributed by atoms with E-state index in [0.717, 1.165) is 44.9 Å². The molecule has 0 bridgehead atoms. The largest absolute Gasteiger partial charge is 0.480 e. The number of carboxylic acid groups (broad SMARTS) is 1. The summed E-state index contributed by atoms with van der Waals surface area (Å²) in [5, 5.41) is 12.6. The SMILES string of the molecule is C=C[C@@]1(C)CC=C2[C@@H](CC[C@@H]3[C@](C)(C(=O)N[C@@H](CC(C)C)C(=O)O)CCC[C@@]23C)C1. The van der Waals surface area contributed by atoms with Crippen molar-refractivity contribution in [3.63, 3.8) is 0 Å². The maximum absolute atomic E-state index is 13.5. The summed E-state index contributed by atoms with van der Waals surface area (Å²) in [6.45, 7) is 14.8. The molecular formula is C26H41NO3. The molecule has 0 heterocycles. The summed E-state index contributed by atoms with van der Waals surface area (Å²) in [7, 11) is 0. The number of fused-ring (bicyclic) bond motifs is 3. The highest BCUT2D eigenvalue weighted by atomic mass is 16.4. The molecule has 2 saturated carbocycles. The summed E-state index contributed by atoms with van der Waals surface area (Å²) in [5.41, 5.74) is 1.27. The third-order valence-corrected chi connectivity index (χ3v) is 8.66. The van der Waals surface area contributed by atoms with Crippen LogP contribution in [-0.4, -0.2) is 23.0 Å². The molecule has 2 fully saturated rings. The van der Waals surface area contributed by atoms with E-state index < -0.39 is 17.4 Å². The fourth-order valence-electron chi connectivity index (χ4n) is 6.90. The van der Waals surface area contributed by atoms with Crippen molar-refractivity contribution < 1.29 is 14.7 Å². The molecule has 1 amide bonds. The van der Waals surface area contributed by atoms with E-state index in [4.69, 9.17) is 0 Å². The van der Waals surface area contributed by atoms with Crippen LogP contribution < -0.4 is 5.32 Å². The van der Waals surface area contributed by atoms with Crippen molar-refractivity contribution in [3.8, 4) is 0 Å². The molecule has 6 atom stereocenters. The summed E-state index contributed by atoms with van der Waals surface area (Å²) in [5.74, 6) is 0.0840. The van der Waals surface area contributed by atoms with Crippen LogP contribution >= 0.6 is 0 Å². The highest BCUT2D eigenvalue weighted by molar-refractivity contribution is 5.87. The molecular weight excluding hydrogens is 374 g/mol. The minimum absolute atomic E-state index is 0.0343. The van der Waals surface area contributed by atoms with Crippen molar-refractivity contribution in [3.05, 3.63) is 24.3 Å². The van der Waals surface area contributed by atoms with Crippen LogP contribution in [0.4, 0.5) is 0 Å². The molecule has 2 N–H and O–H groups in total. The van der Waals surface area contributed by atoms with Crippen molar-refractivity contribution in [1.82, 2.24) is 5.32 Å². The van der Waals surface area contributed by atoms with Crippen molar-refractivity contribution >= 4 is 11.9 Å². The van der Waals surface area contributed by atoms with E-state index in [1.54, 1.807) is 5.57 Å². The standard InChI is InChI=1S/C26H41NO3/c1-7-24(4)14-11-19-18(16-24)9-10-21-25(19,5)12-8-13-26(21,6)23(30)27-20(22(28)29)15-17(2)3/h7,11,17-18,20-21H,1,8-10,12-16H2,2-6H3,(H,27,30)(H,28,29)/t18-,20-,21-,24-,25-,26+/m0/s1. The van der Waals surface area contributed by atoms with E-state index in [0.29, 0.717) is 12.3 Å². The van der Waals surface area contributed by atoms with E-state index in [1.165, 1.54) is 0 Å². The highest BCUT2D eigenvalue weighted by Gasteiger charge is 2.57. The molecule has 168 valence electrons. The average molecular weight is 416 g/mol. The lowest BCUT2D eigenvalue weighted by Crippen LogP contribution is -2.57. The maximum Gasteiger partial charge on any atom is 0.326 e. The minimum Gasteiger partial charge on any atom is -0.480 e. The molecule has 0 saturated heterocycles. The Labute approximate surface area is 182 Å². The first-order valence-corrected chi connectivity index (χ1v) is 11.8. The lowest BCUT2D eigenvalue weighted by atomic mass is 9.46. The first-order chi connectivity index (χ1) is 13.9. The second kappa shape index (κ2) is 8.16. The molecule has 0 unspecified atom stereocenters. The molecule has 0 aromatic heterocycles. The predicted molar refractivity (Wildman–Crippen MR) is 121 cm³/mol. The predicted octanol–water partition coefficient (Wildman–Crippen LogP) is 5.74. The molecule has 3 aliphatic rings. The van der Waals surface area contributed by atoms with Crippen LogP contribution in [0.1, 0.15) is 86.0 Å². The van der Waals surface area contributed by atoms with E-state index in [9.17, 15) is 14.7 Å². The van der Waals surface area contributed by atoms with Gasteiger partial charge in [-0.05, 0) is 73.5 Å². The van der Waals surface area contributed by atoms with Crippen LogP contribution in [-0.2, 0) is 9.59 Å². The molecule has 30 heavy (non-hydrogen) atoms. The summed E-state index contributed by atoms with van der Waals surface area (Å²) in [6.07, 6.45) is 12.4. The summed E-state index contributed by atoms with van der Waals surface area (Å²) in [4.78, 5) is 25.3. The van der Waals surface area contributed by atoms with Gasteiger partial charge in [0.2, 0.25) is 5.91 Å². The molecule has 4 nitrogen and oxygen atoms in total. The third kappa shape index (κ3) is 3.99. The van der Waals surface area contributed by atoms with Crippen LogP contribution in [0.2, 0.25) is 0 Å². The number of hydrogen-bond donors (Lipinski definition) is 2. The smallest absolute Gasteiger partial charge is 0.326 e. The number of carboxylic acids is 1. The van der Waals surface area contributed by atoms with Crippen LogP contribution in [0, 0.1) is 34.0 Å². The van der Waals surface area contributed by atoms with Gasteiger partial charge in [0, 0.05) is 0 Å². The van der Waals surface area contributed by atoms with Gasteiger partial charge in [0.25, 0.3) is 0 Å². The van der Waals surface area contributed by atoms with Crippen molar-refractivity contribution in [2.24, 2.45) is 34.0 Å². The lowest BCUT2D eigenvalue weighted by Gasteiger charge is -2.58. The van der Waals surface area contributed by atoms with E-state index in [1.807, 2.05) is 13.8 Å². The molecule has 0 spiro atoms. The molecule has 0 aromatic carbocycles. The number of hydrogen-bond acceptors (Lipinski definition) is 2. The van der Waals surface area contributed by atoms with Crippen molar-refractivity contribution in [1.29, 1.82) is 0 Å². The fraction of sp³-hybridized carbons (Fsp3) is 0.769. The van der Waals surface area contributed by atoms with Crippen molar-refractivity contribution in [2.75, 3.05) is 0 Å². The van der Waals surface area contributed by atoms with Crippen LogP contribution in [0.25, 0.3) is 0 Å². The topological polar surface area (TPSA) is 66.4 Å². The number of carbonyl (C=O) groups excluding carboxylic acids is 1. The number of allylic oxidation sites excluding steroid dienone is 3. The van der Waals surface area contributed by atoms with Gasteiger partial charge in [0.15, 0.2) is 0 Å². The molecule has 3 rings (SSSR count). The van der Waals surface area contributed by atoms with Gasteiger partial charge in [-0.1, -0.05) is 58.8 Å². The normalized spacial score (nSPS) is 39.3. The van der Waals surface area contributed by atoms with Gasteiger partial charge in [-0.15, -0.1) is 6.58 Å². The van der Waals surface area contributed by atoms with Crippen LogP contribution in [0.5, 0.6) is 0 Å². The first-order valence-electron chi connectivity index (χ1n) is 11.8. The molecule has 0 radical (unpaired) electrons. The third-order valence-electron chi connectivity index (χ3n) is 8.66. The Morgan fingerprint density at radius 2 is 1.97 bits per heavy atom. The number of rotatable bonds is 6. The highest BCUT2D eigenvalue weighted by Crippen LogP contribution is 2.63. The second-order valence-electron chi connectivity index (χ2n) is 11.4. The monoisotopic (exact) mass is 415 g/mol. The van der Waals surface area contributed by atoms with E-state index >= 15 is 0 Å². The van der Waals surface area contributed by atoms with Gasteiger partial charge >= 0.3 is 5.97 Å². The summed E-state index contributed by atoms with van der Waals surface area (Å²) < 4.78 is 0. The first kappa shape index (κ1) is 23.1. The van der Waals surface area contributed by atoms with Crippen LogP contribution in [0.15, 0.2) is 24.3 Å². The molecule has 0 aromatic rings. The van der Waals surface area contributed by atoms with Gasteiger partial charge in [-0.3, -0.25) is 4.79 Å². The van der Waals surface area contributed by atoms with Gasteiger partial charge in [-0.25, -0.2) is 4.79 Å². The number of carbonyl (C=O) groups is 2. The quantitative estimate of drug-likeness (QED) is 0.544. The van der Waals surface area contributed by atoms with Crippen molar-refractivity contribution in [2.45, 2.75) is 92.0 Å². The van der Waals surface area contributed by atoms with Gasteiger partial charge < -0.3 is 10.4 Å². The molecule has 3 aliphatic carbocycles. The average Bonchev–Trinajstić information content (AvgIpc) is 2.66. The molecule has 4 heteroatoms.